The molecule has 9 heteroatoms. The third-order valence-corrected chi connectivity index (χ3v) is 10.2. The Hall–Kier alpha value is 0.651. The van der Waals surface area contributed by atoms with Gasteiger partial charge in [-0.3, -0.25) is 0 Å². The monoisotopic (exact) mass is 404 g/mol. The zero-order chi connectivity index (χ0) is 18.3. The van der Waals surface area contributed by atoms with E-state index in [1.807, 2.05) is 0 Å². The Kier molecular flexibility index (Phi) is 15.2. The average Bonchev–Trinajstić information content (AvgIpc) is 2.60. The van der Waals surface area contributed by atoms with Gasteiger partial charge < -0.3 is 0 Å². The van der Waals surface area contributed by atoms with E-state index in [0.717, 1.165) is 38.5 Å². The van der Waals surface area contributed by atoms with Crippen LogP contribution >= 0.6 is 0 Å². The Morgan fingerprint density at radius 3 is 1.21 bits per heavy atom. The molecule has 0 saturated heterocycles. The summed E-state index contributed by atoms with van der Waals surface area (Å²) in [5, 5.41) is 0. The Morgan fingerprint density at radius 1 is 0.625 bits per heavy atom. The van der Waals surface area contributed by atoms with Crippen molar-refractivity contribution in [3.63, 3.8) is 0 Å². The van der Waals surface area contributed by atoms with Gasteiger partial charge in [0.2, 0.25) is 0 Å². The molecule has 0 bridgehead atoms. The molecule has 0 spiro atoms. The van der Waals surface area contributed by atoms with Gasteiger partial charge in [-0.05, 0) is 0 Å². The molecule has 0 aromatic heterocycles. The van der Waals surface area contributed by atoms with Crippen LogP contribution < -0.4 is 0 Å². The number of hydrogen-bond acceptors (Lipinski definition) is 7. The first-order valence-electron chi connectivity index (χ1n) is 8.85. The van der Waals surface area contributed by atoms with Crippen LogP contribution in [0.2, 0.25) is 0 Å². The summed E-state index contributed by atoms with van der Waals surface area (Å²) in [6.07, 6.45) is 5.75. The predicted octanol–water partition coefficient (Wildman–Crippen LogP) is 3.64. The first-order chi connectivity index (χ1) is 11.6. The summed E-state index contributed by atoms with van der Waals surface area (Å²) in [5.74, 6) is 0. The van der Waals surface area contributed by atoms with Crippen molar-refractivity contribution in [2.24, 2.45) is 0 Å². The van der Waals surface area contributed by atoms with Gasteiger partial charge in [-0.15, -0.1) is 0 Å². The second kappa shape index (κ2) is 14.8. The van der Waals surface area contributed by atoms with E-state index in [1.54, 1.807) is 0 Å². The minimum absolute atomic E-state index is 0.510. The van der Waals surface area contributed by atoms with E-state index in [9.17, 15) is 0 Å². The van der Waals surface area contributed by atoms with Crippen molar-refractivity contribution < 1.29 is 44.4 Å². The molecular formula is C15H36O7SiTi. The van der Waals surface area contributed by atoms with E-state index in [-0.39, 0.29) is 0 Å². The molecule has 0 heterocycles. The summed E-state index contributed by atoms with van der Waals surface area (Å²) in [4.78, 5) is 0. The summed E-state index contributed by atoms with van der Waals surface area (Å²) in [5.41, 5.74) is 0. The van der Waals surface area contributed by atoms with Crippen molar-refractivity contribution in [3.05, 3.63) is 0 Å². The third kappa shape index (κ3) is 9.38. The molecule has 0 aliphatic heterocycles. The Morgan fingerprint density at radius 2 is 0.958 bits per heavy atom. The minimum atomic E-state index is -3.92. The van der Waals surface area contributed by atoms with Crippen LogP contribution in [-0.4, -0.2) is 50.2 Å². The van der Waals surface area contributed by atoms with Crippen LogP contribution in [0.4, 0.5) is 0 Å². The van der Waals surface area contributed by atoms with Gasteiger partial charge in [0.1, 0.15) is 0 Å². The van der Waals surface area contributed by atoms with Crippen LogP contribution in [0, 0.1) is 0 Å². The SMILES string of the molecule is CCCCO[Si](OCCCC)(OCCCC)[O][Ti]([O]C)([O]C)[O]C. The topological polar surface area (TPSA) is 64.6 Å². The molecule has 0 atom stereocenters. The quantitative estimate of drug-likeness (QED) is 0.271. The van der Waals surface area contributed by atoms with Crippen molar-refractivity contribution in [3.8, 4) is 0 Å². The van der Waals surface area contributed by atoms with Gasteiger partial charge in [-0.2, -0.15) is 0 Å². The number of hydrogen-bond donors (Lipinski definition) is 0. The second-order valence-corrected chi connectivity index (χ2v) is 11.8. The van der Waals surface area contributed by atoms with Crippen LogP contribution in [-0.2, 0) is 44.4 Å². The molecule has 0 fully saturated rings. The molecule has 0 rings (SSSR count). The molecule has 0 aliphatic carbocycles. The first kappa shape index (κ1) is 24.7. The van der Waals surface area contributed by atoms with E-state index in [2.05, 4.69) is 20.8 Å². The zero-order valence-electron chi connectivity index (χ0n) is 16.2. The summed E-state index contributed by atoms with van der Waals surface area (Å²) in [7, 11) is 1.13. The van der Waals surface area contributed by atoms with Crippen LogP contribution in [0.3, 0.4) is 0 Å². The van der Waals surface area contributed by atoms with Crippen LogP contribution in [0.5, 0.6) is 0 Å². The zero-order valence-corrected chi connectivity index (χ0v) is 18.8. The van der Waals surface area contributed by atoms with E-state index in [4.69, 9.17) is 26.2 Å². The van der Waals surface area contributed by atoms with Gasteiger partial charge in [0.15, 0.2) is 0 Å². The summed E-state index contributed by atoms with van der Waals surface area (Å²) in [6.45, 7) is 7.84. The molecule has 0 unspecified atom stereocenters. The van der Waals surface area contributed by atoms with E-state index >= 15 is 0 Å². The molecule has 0 radical (unpaired) electrons. The van der Waals surface area contributed by atoms with Crippen molar-refractivity contribution in [1.82, 2.24) is 0 Å². The standard InChI is InChI=1S/C12H27O4Si.3CH3O.Ti/c1-4-7-10-14-17(13,15-11-8-5-2)16-12-9-6-3;3*1-2;/h4-12H2,1-3H3;3*1H3;/q4*-1;+4. The molecule has 0 amide bonds. The number of rotatable bonds is 17. The van der Waals surface area contributed by atoms with Gasteiger partial charge in [0, 0.05) is 0 Å². The average molecular weight is 404 g/mol. The predicted molar refractivity (Wildman–Crippen MR) is 90.4 cm³/mol. The molecule has 7 nitrogen and oxygen atoms in total. The van der Waals surface area contributed by atoms with Gasteiger partial charge in [0.25, 0.3) is 0 Å². The van der Waals surface area contributed by atoms with E-state index < -0.39 is 27.2 Å². The Balaban J connectivity index is 5.23. The van der Waals surface area contributed by atoms with Crippen LogP contribution in [0.1, 0.15) is 59.3 Å². The van der Waals surface area contributed by atoms with Crippen molar-refractivity contribution in [2.75, 3.05) is 41.2 Å². The van der Waals surface area contributed by atoms with Crippen LogP contribution in [0.25, 0.3) is 0 Å². The van der Waals surface area contributed by atoms with E-state index in [0.29, 0.717) is 19.8 Å². The maximum atomic E-state index is 6.11. The van der Waals surface area contributed by atoms with Gasteiger partial charge in [-0.25, -0.2) is 0 Å². The van der Waals surface area contributed by atoms with Crippen molar-refractivity contribution in [2.45, 2.75) is 59.3 Å². The summed E-state index contributed by atoms with van der Waals surface area (Å²) >= 11 is -3.92. The first-order valence-corrected chi connectivity index (χ1v) is 13.0. The third-order valence-electron chi connectivity index (χ3n) is 3.33. The van der Waals surface area contributed by atoms with E-state index in [1.165, 1.54) is 21.3 Å². The fourth-order valence-corrected chi connectivity index (χ4v) is 8.15. The maximum absolute atomic E-state index is 6.11. The molecule has 0 saturated carbocycles. The van der Waals surface area contributed by atoms with Gasteiger partial charge >= 0.3 is 154 Å². The number of unbranched alkanes of at least 4 members (excludes halogenated alkanes) is 3. The summed E-state index contributed by atoms with van der Waals surface area (Å²) in [6, 6.07) is 0. The molecule has 24 heavy (non-hydrogen) atoms. The molecule has 146 valence electrons. The molecule has 0 aromatic rings. The Labute approximate surface area is 154 Å². The Bertz CT molecular complexity index is 258. The fourth-order valence-electron chi connectivity index (χ4n) is 1.77. The van der Waals surface area contributed by atoms with Crippen LogP contribution in [0.15, 0.2) is 0 Å². The molecular weight excluding hydrogens is 368 g/mol. The molecule has 0 N–H and O–H groups in total. The second-order valence-electron chi connectivity index (χ2n) is 5.32. The normalized spacial score (nSPS) is 12.8. The fraction of sp³-hybridized carbons (Fsp3) is 1.00. The van der Waals surface area contributed by atoms with Gasteiger partial charge in [-0.1, -0.05) is 0 Å². The van der Waals surface area contributed by atoms with Crippen molar-refractivity contribution >= 4 is 9.05 Å². The van der Waals surface area contributed by atoms with Crippen molar-refractivity contribution in [1.29, 1.82) is 0 Å². The molecule has 0 aliphatic rings. The molecule has 0 aromatic carbocycles. The van der Waals surface area contributed by atoms with Gasteiger partial charge in [0.05, 0.1) is 0 Å². The summed E-state index contributed by atoms with van der Waals surface area (Å²) < 4.78 is 40.4.